The molecule has 0 fully saturated rings. The molecular weight excluding hydrogens is 1450 g/mol. The van der Waals surface area contributed by atoms with Gasteiger partial charge in [-0.25, -0.2) is 0 Å². The van der Waals surface area contributed by atoms with Crippen LogP contribution in [-0.4, -0.2) is 310 Å². The maximum absolute atomic E-state index is 13.4. The Bertz CT molecular complexity index is 1910. The number of carbonyl (C=O) groups is 4. The molecule has 0 spiro atoms. The summed E-state index contributed by atoms with van der Waals surface area (Å²) in [6, 6.07) is 3.09. The lowest BCUT2D eigenvalue weighted by Crippen LogP contribution is -2.53. The molecule has 114 heavy (non-hydrogen) atoms. The van der Waals surface area contributed by atoms with Crippen LogP contribution in [0.25, 0.3) is 10.4 Å². The van der Waals surface area contributed by atoms with E-state index in [2.05, 4.69) is 199 Å². The molecule has 26 nitrogen and oxygen atoms in total. The number of rotatable bonds is 81. The van der Waals surface area contributed by atoms with Crippen LogP contribution in [0.15, 0.2) is 5.11 Å². The van der Waals surface area contributed by atoms with E-state index < -0.39 is 12.1 Å². The zero-order valence-electron chi connectivity index (χ0n) is 77.2. The Labute approximate surface area is 698 Å². The zero-order chi connectivity index (χ0) is 85.4. The minimum atomic E-state index is -0.466. The zero-order valence-corrected chi connectivity index (χ0v) is 77.2. The maximum Gasteiger partial charge on any atom is 0.222 e. The summed E-state index contributed by atoms with van der Waals surface area (Å²) in [6.07, 6.45) is 21.7. The van der Waals surface area contributed by atoms with Crippen molar-refractivity contribution >= 4 is 23.6 Å². The lowest BCUT2D eigenvalue weighted by atomic mass is 10.0. The van der Waals surface area contributed by atoms with Crippen molar-refractivity contribution in [3.05, 3.63) is 10.4 Å². The fourth-order valence-corrected chi connectivity index (χ4v) is 16.0. The topological polar surface area (TPSA) is 284 Å². The molecule has 0 atom stereocenters. The first-order valence-electron chi connectivity index (χ1n) is 46.3. The van der Waals surface area contributed by atoms with E-state index in [4.69, 9.17) is 43.6 Å². The first kappa shape index (κ1) is 113. The van der Waals surface area contributed by atoms with Crippen molar-refractivity contribution < 1.29 is 57.1 Å². The number of carbonyl (C=O) groups excluding carboxylic acids is 4. The summed E-state index contributed by atoms with van der Waals surface area (Å²) in [6.45, 7) is 58.2. The summed E-state index contributed by atoms with van der Waals surface area (Å²) in [5, 5.41) is 16.5. The van der Waals surface area contributed by atoms with Crippen molar-refractivity contribution in [2.24, 2.45) is 10.8 Å². The van der Waals surface area contributed by atoms with Crippen molar-refractivity contribution in [3.8, 4) is 0 Å². The minimum absolute atomic E-state index is 0.0899. The highest BCUT2D eigenvalue weighted by atomic mass is 16.5. The molecule has 26 heteroatoms. The molecule has 0 saturated carbocycles. The van der Waals surface area contributed by atoms with Crippen LogP contribution in [0.3, 0.4) is 0 Å². The first-order valence-corrected chi connectivity index (χ1v) is 46.3. The Hall–Kier alpha value is -3.41. The van der Waals surface area contributed by atoms with Crippen molar-refractivity contribution in [2.75, 3.05) is 184 Å². The van der Waals surface area contributed by atoms with Gasteiger partial charge < -0.3 is 64.9 Å². The average Bonchev–Trinajstić information content (AvgIpc) is 0.788. The Morgan fingerprint density at radius 3 is 0.623 bits per heavy atom. The van der Waals surface area contributed by atoms with Crippen LogP contribution in [0.5, 0.6) is 0 Å². The maximum atomic E-state index is 13.4. The molecule has 0 heterocycles. The fourth-order valence-electron chi connectivity index (χ4n) is 16.0. The second kappa shape index (κ2) is 78.2. The van der Waals surface area contributed by atoms with E-state index in [1.54, 1.807) is 0 Å². The molecular formula is C88H182N14O12. The van der Waals surface area contributed by atoms with Crippen molar-refractivity contribution in [1.29, 1.82) is 0 Å². The van der Waals surface area contributed by atoms with Crippen LogP contribution < -0.4 is 27.0 Å². The van der Waals surface area contributed by atoms with Crippen LogP contribution in [0.4, 0.5) is 0 Å². The van der Waals surface area contributed by atoms with E-state index in [0.29, 0.717) is 107 Å². The van der Waals surface area contributed by atoms with Crippen molar-refractivity contribution in [1.82, 2.24) is 50.7 Å². The summed E-state index contributed by atoms with van der Waals surface area (Å²) in [4.78, 5) is 71.2. The molecule has 0 saturated heterocycles. The summed E-state index contributed by atoms with van der Waals surface area (Å²) < 4.78 is 48.9. The van der Waals surface area contributed by atoms with Gasteiger partial charge in [-0.2, -0.15) is 0 Å². The smallest absolute Gasteiger partial charge is 0.222 e. The predicted octanol–water partition coefficient (Wildman–Crippen LogP) is 13.8. The Morgan fingerprint density at radius 1 is 0.281 bits per heavy atom. The highest BCUT2D eigenvalue weighted by Crippen LogP contribution is 2.22. The number of hydrogen-bond donors (Lipinski definition) is 5. The summed E-state index contributed by atoms with van der Waals surface area (Å²) in [7, 11) is 0. The molecule has 0 aliphatic heterocycles. The highest BCUT2D eigenvalue weighted by Gasteiger charge is 2.32. The normalized spacial score (nSPS) is 12.2. The predicted molar refractivity (Wildman–Crippen MR) is 472 cm³/mol. The van der Waals surface area contributed by atoms with Gasteiger partial charge in [0, 0.05) is 184 Å². The third-order valence-corrected chi connectivity index (χ3v) is 22.6. The lowest BCUT2D eigenvalue weighted by Gasteiger charge is -2.37. The molecule has 0 unspecified atom stereocenters. The SMILES string of the molecule is CCC(CC)N(CCNC(=O)CCOCC(COCCC(=O)NCCN(C(CC)CC)C(CC)CC)N(CCN=[N+]=[N-])C(COCCC(=O)NCCN(C(CC)CC)C(CC)CC)COCCC(=O)NCCN(C(CC)CC)C(CC)CC)C(CC)CC.CCCOCC(COCCC)N(CCN)C(COCCC)COCCC. The molecule has 0 aliphatic rings. The van der Waals surface area contributed by atoms with E-state index in [1.807, 2.05) is 0 Å². The monoisotopic (exact) mass is 1630 g/mol. The second-order valence-corrected chi connectivity index (χ2v) is 30.5. The number of nitrogens with one attached hydrogen (secondary N) is 4. The largest absolute Gasteiger partial charge is 0.380 e. The Kier molecular flexibility index (Phi) is 77.2. The van der Waals surface area contributed by atoms with Gasteiger partial charge in [-0.15, -0.1) is 0 Å². The number of azide groups is 1. The fraction of sp³-hybridized carbons (Fsp3) is 0.955. The van der Waals surface area contributed by atoms with E-state index in [9.17, 15) is 24.7 Å². The Morgan fingerprint density at radius 2 is 0.456 bits per heavy atom. The van der Waals surface area contributed by atoms with Gasteiger partial charge in [0.05, 0.1) is 103 Å². The number of nitrogens with zero attached hydrogens (tertiary/aromatic N) is 9. The number of amides is 4. The average molecular weight is 1630 g/mol. The van der Waals surface area contributed by atoms with Gasteiger partial charge in [0.1, 0.15) is 0 Å². The van der Waals surface area contributed by atoms with Crippen molar-refractivity contribution in [3.63, 3.8) is 0 Å². The van der Waals surface area contributed by atoms with E-state index in [-0.39, 0.29) is 127 Å². The molecule has 0 aromatic carbocycles. The second-order valence-electron chi connectivity index (χ2n) is 30.5. The number of nitrogens with two attached hydrogens (primary N) is 1. The molecule has 0 aromatic rings. The van der Waals surface area contributed by atoms with E-state index in [0.717, 1.165) is 188 Å². The minimum Gasteiger partial charge on any atom is -0.380 e. The lowest BCUT2D eigenvalue weighted by molar-refractivity contribution is -0.123. The summed E-state index contributed by atoms with van der Waals surface area (Å²) >= 11 is 0. The Balaban J connectivity index is 0. The van der Waals surface area contributed by atoms with Crippen LogP contribution in [0.1, 0.15) is 293 Å². The molecule has 0 bridgehead atoms. The standard InChI is InChI=1S/C68H138N12O8.C20H44N2O4/c1-17-55(18-2)76(56(19-3)20-4)42-37-70-65(81)33-47-85-51-63(52-86-48-34-66(82)71-38-43-77(57(21-5)22-6)58(23-7)24-8)80(46-41-74-75-69)64(53-87-49-35-67(83)72-39-44-78(59(25-9)26-10)60(27-11)28-12)54-88-50-36-68(84)73-40-45-79(61(29-13)30-14)62(31-15)32-16;1-5-11-23-15-19(16-24-12-6-2)22(10-9-21)20(17-25-13-7-3)18-26-14-8-4/h55-64H,17-54H2,1-16H3,(H,70,81)(H,71,82)(H,72,83)(H,73,84);19-20H,5-18,21H2,1-4H3. The van der Waals surface area contributed by atoms with Crippen LogP contribution in [-0.2, 0) is 57.1 Å². The van der Waals surface area contributed by atoms with Gasteiger partial charge >= 0.3 is 0 Å². The van der Waals surface area contributed by atoms with Gasteiger partial charge in [-0.1, -0.05) is 144 Å². The van der Waals surface area contributed by atoms with Gasteiger partial charge in [-0.05, 0) is 134 Å². The summed E-state index contributed by atoms with van der Waals surface area (Å²) in [5.41, 5.74) is 15.4. The molecule has 0 aromatic heterocycles. The quantitative estimate of drug-likeness (QED) is 0.0164. The van der Waals surface area contributed by atoms with E-state index >= 15 is 0 Å². The van der Waals surface area contributed by atoms with Gasteiger partial charge in [0.15, 0.2) is 0 Å². The molecule has 676 valence electrons. The van der Waals surface area contributed by atoms with Gasteiger partial charge in [-0.3, -0.25) is 48.6 Å². The van der Waals surface area contributed by atoms with E-state index in [1.165, 1.54) is 0 Å². The molecule has 0 aliphatic carbocycles. The molecule has 4 amide bonds. The van der Waals surface area contributed by atoms with Gasteiger partial charge in [0.25, 0.3) is 0 Å². The van der Waals surface area contributed by atoms with Crippen molar-refractivity contribution in [2.45, 2.75) is 365 Å². The third-order valence-electron chi connectivity index (χ3n) is 22.6. The molecule has 0 radical (unpaired) electrons. The van der Waals surface area contributed by atoms with Crippen LogP contribution in [0, 0.1) is 0 Å². The van der Waals surface area contributed by atoms with Crippen LogP contribution in [0.2, 0.25) is 0 Å². The number of ether oxygens (including phenoxy) is 8. The highest BCUT2D eigenvalue weighted by molar-refractivity contribution is 5.77. The first-order chi connectivity index (χ1) is 55.4. The van der Waals surface area contributed by atoms with Gasteiger partial charge in [0.2, 0.25) is 23.6 Å². The third kappa shape index (κ3) is 51.3. The molecule has 6 N–H and O–H groups in total. The molecule has 0 rings (SSSR count). The number of hydrogen-bond acceptors (Lipinski definition) is 20. The van der Waals surface area contributed by atoms with Crippen LogP contribution >= 0.6 is 0 Å². The summed E-state index contributed by atoms with van der Waals surface area (Å²) in [5.74, 6) is -0.360.